The predicted molar refractivity (Wildman–Crippen MR) is 236 cm³/mol. The molecule has 1 spiro atoms. The molecule has 3 aromatic heterocycles. The standard InChI is InChI=1S/C47H60N8O5S/c1-8-54-37-10-9-28-18-33(37)35(40(54)34-20-30(22-48-38(34)27(3)59-7)53-15-13-52(6)14-16-53)21-46(4,5)25-60-44(58)39-32-19-29(32)23-55(51-39)43(57)41(50-42(56)31-17-26(31)2)47(11-12-47)45-49-36(28)24-61-45/h9-10,18,20,22,24,26-27,29,31-32,39,41,51H,8,11-17,19,21,23,25H2,1-7H3,(H,50,56)/t26-,27-,29-,31-,32-,39-,41+/m0/s1. The van der Waals surface area contributed by atoms with Crippen molar-refractivity contribution in [2.24, 2.45) is 29.1 Å². The summed E-state index contributed by atoms with van der Waals surface area (Å²) in [5.41, 5.74) is 10.5. The van der Waals surface area contributed by atoms with Crippen LogP contribution in [0.5, 0.6) is 0 Å². The molecular weight excluding hydrogens is 789 g/mol. The Morgan fingerprint density at radius 2 is 1.90 bits per heavy atom. The Labute approximate surface area is 362 Å². The number of thiazole rings is 1. The number of piperazine rings is 1. The van der Waals surface area contributed by atoms with Crippen molar-refractivity contribution in [3.05, 3.63) is 52.1 Å². The van der Waals surface area contributed by atoms with Crippen molar-refractivity contribution >= 4 is 45.7 Å². The van der Waals surface area contributed by atoms with E-state index >= 15 is 0 Å². The second-order valence-corrected chi connectivity index (χ2v) is 20.6. The number of benzene rings is 1. The highest BCUT2D eigenvalue weighted by molar-refractivity contribution is 7.10. The summed E-state index contributed by atoms with van der Waals surface area (Å²) >= 11 is 1.57. The van der Waals surface area contributed by atoms with Crippen molar-refractivity contribution < 1.29 is 23.9 Å². The number of esters is 1. The number of pyridine rings is 1. The molecule has 324 valence electrons. The summed E-state index contributed by atoms with van der Waals surface area (Å²) in [7, 11) is 3.91. The molecule has 6 bridgehead atoms. The van der Waals surface area contributed by atoms with Gasteiger partial charge in [0.25, 0.3) is 5.91 Å². The molecular formula is C47H60N8O5S. The molecule has 13 nitrogen and oxygen atoms in total. The van der Waals surface area contributed by atoms with Gasteiger partial charge in [0, 0.05) is 85.1 Å². The molecule has 3 aliphatic carbocycles. The van der Waals surface area contributed by atoms with Gasteiger partial charge in [-0.2, -0.15) is 0 Å². The Kier molecular flexibility index (Phi) is 10.1. The Bertz CT molecular complexity index is 2400. The smallest absolute Gasteiger partial charge is 0.325 e. The summed E-state index contributed by atoms with van der Waals surface area (Å²) < 4.78 is 14.7. The number of hydrazine groups is 1. The van der Waals surface area contributed by atoms with Gasteiger partial charge in [-0.25, -0.2) is 10.4 Å². The van der Waals surface area contributed by atoms with Crippen LogP contribution in [0.15, 0.2) is 35.8 Å². The lowest BCUT2D eigenvalue weighted by Gasteiger charge is -2.37. The van der Waals surface area contributed by atoms with Gasteiger partial charge < -0.3 is 29.2 Å². The van der Waals surface area contributed by atoms with E-state index < -0.39 is 22.9 Å². The Hall–Kier alpha value is -4.37. The summed E-state index contributed by atoms with van der Waals surface area (Å²) in [5.74, 6) is -0.0832. The number of carbonyl (C=O) groups is 3. The Balaban J connectivity index is 1.12. The van der Waals surface area contributed by atoms with E-state index in [9.17, 15) is 14.4 Å². The number of ether oxygens (including phenoxy) is 2. The molecule has 4 aromatic rings. The van der Waals surface area contributed by atoms with Gasteiger partial charge in [-0.3, -0.25) is 24.4 Å². The van der Waals surface area contributed by atoms with E-state index in [0.29, 0.717) is 18.9 Å². The molecule has 14 heteroatoms. The molecule has 3 saturated carbocycles. The number of rotatable bonds is 7. The zero-order valence-electron chi connectivity index (χ0n) is 36.6. The molecule has 2 amide bonds. The lowest BCUT2D eigenvalue weighted by Crippen LogP contribution is -2.63. The largest absolute Gasteiger partial charge is 0.464 e. The van der Waals surface area contributed by atoms with Gasteiger partial charge in [0.15, 0.2) is 0 Å². The molecule has 6 heterocycles. The van der Waals surface area contributed by atoms with E-state index in [0.717, 1.165) is 108 Å². The Morgan fingerprint density at radius 1 is 1.13 bits per heavy atom. The first kappa shape index (κ1) is 40.7. The van der Waals surface area contributed by atoms with Crippen LogP contribution in [-0.4, -0.2) is 108 Å². The van der Waals surface area contributed by atoms with Gasteiger partial charge in [-0.05, 0) is 94.5 Å². The maximum absolute atomic E-state index is 14.7. The minimum atomic E-state index is -0.793. The summed E-state index contributed by atoms with van der Waals surface area (Å²) in [6, 6.07) is 7.53. The number of aromatic nitrogens is 3. The van der Waals surface area contributed by atoms with E-state index in [1.165, 1.54) is 5.56 Å². The zero-order valence-corrected chi connectivity index (χ0v) is 37.4. The van der Waals surface area contributed by atoms with Crippen LogP contribution >= 0.6 is 11.3 Å². The third-order valence-corrected chi connectivity index (χ3v) is 15.8. The number of aryl methyl sites for hydroxylation is 1. The van der Waals surface area contributed by atoms with Gasteiger partial charge in [0.05, 0.1) is 47.1 Å². The topological polar surface area (TPSA) is 134 Å². The fourth-order valence-corrected chi connectivity index (χ4v) is 11.5. The molecule has 3 aliphatic heterocycles. The quantitative estimate of drug-likeness (QED) is 0.215. The average Bonchev–Trinajstić information content (AvgIpc) is 4.23. The number of anilines is 1. The lowest BCUT2D eigenvalue weighted by atomic mass is 9.84. The van der Waals surface area contributed by atoms with Crippen LogP contribution in [0.3, 0.4) is 0 Å². The Morgan fingerprint density at radius 3 is 2.61 bits per heavy atom. The summed E-state index contributed by atoms with van der Waals surface area (Å²) in [6.45, 7) is 15.9. The van der Waals surface area contributed by atoms with Crippen LogP contribution in [0, 0.1) is 29.1 Å². The molecule has 6 aliphatic rings. The van der Waals surface area contributed by atoms with Crippen LogP contribution in [-0.2, 0) is 42.2 Å². The number of cyclic esters (lactones) is 1. The summed E-state index contributed by atoms with van der Waals surface area (Å²) in [4.78, 5) is 57.8. The maximum Gasteiger partial charge on any atom is 0.325 e. The second kappa shape index (κ2) is 15.2. The molecule has 0 unspecified atom stereocenters. The van der Waals surface area contributed by atoms with E-state index in [2.05, 4.69) is 96.4 Å². The minimum absolute atomic E-state index is 0.0721. The monoisotopic (exact) mass is 848 g/mol. The van der Waals surface area contributed by atoms with Crippen molar-refractivity contribution in [1.82, 2.24) is 35.2 Å². The van der Waals surface area contributed by atoms with Crippen LogP contribution in [0.4, 0.5) is 5.69 Å². The molecule has 10 rings (SSSR count). The number of methoxy groups -OCH3 is 1. The fourth-order valence-electron chi connectivity index (χ4n) is 10.4. The van der Waals surface area contributed by atoms with E-state index in [4.69, 9.17) is 19.4 Å². The molecule has 0 radical (unpaired) electrons. The molecule has 2 N–H and O–H groups in total. The minimum Gasteiger partial charge on any atom is -0.464 e. The van der Waals surface area contributed by atoms with Crippen molar-refractivity contribution in [2.75, 3.05) is 58.4 Å². The van der Waals surface area contributed by atoms with E-state index in [1.807, 2.05) is 6.20 Å². The maximum atomic E-state index is 14.7. The van der Waals surface area contributed by atoms with E-state index in [1.54, 1.807) is 23.5 Å². The summed E-state index contributed by atoms with van der Waals surface area (Å²) in [6.07, 6.45) is 5.54. The second-order valence-electron chi connectivity index (χ2n) is 19.7. The van der Waals surface area contributed by atoms with Crippen molar-refractivity contribution in [1.29, 1.82) is 0 Å². The first-order valence-corrected chi connectivity index (χ1v) is 23.3. The predicted octanol–water partition coefficient (Wildman–Crippen LogP) is 5.96. The van der Waals surface area contributed by atoms with E-state index in [-0.39, 0.29) is 48.2 Å². The number of carbonyl (C=O) groups excluding carboxylic acids is 3. The highest BCUT2D eigenvalue weighted by Crippen LogP contribution is 2.54. The first-order chi connectivity index (χ1) is 29.3. The van der Waals surface area contributed by atoms with Gasteiger partial charge in [-0.1, -0.05) is 26.8 Å². The first-order valence-electron chi connectivity index (χ1n) is 22.4. The van der Waals surface area contributed by atoms with Gasteiger partial charge in [-0.15, -0.1) is 11.3 Å². The van der Waals surface area contributed by atoms with Crippen LogP contribution in [0.25, 0.3) is 33.4 Å². The average molecular weight is 849 g/mol. The SMILES string of the molecule is CCn1c(-c2cc(N3CCN(C)CC3)cnc2[C@H](C)OC)c2c3cc(ccc31)-c1csc(n1)C1(CC1)[C@H](NC(=O)[C@H]1C[C@@H]1C)C(=O)N1C[C@@H]3C[C@@H]3[C@H](N1)C(=O)OCC(C)(C)C2. The van der Waals surface area contributed by atoms with Crippen LogP contribution in [0.1, 0.15) is 82.7 Å². The summed E-state index contributed by atoms with van der Waals surface area (Å²) in [5, 5.41) is 8.95. The normalized spacial score (nSPS) is 28.6. The number of nitrogens with one attached hydrogen (secondary N) is 2. The van der Waals surface area contributed by atoms with Gasteiger partial charge in [0.1, 0.15) is 17.1 Å². The van der Waals surface area contributed by atoms with Gasteiger partial charge >= 0.3 is 5.97 Å². The number of nitrogens with zero attached hydrogens (tertiary/aromatic N) is 6. The molecule has 5 fully saturated rings. The number of hydrogen-bond donors (Lipinski definition) is 2. The van der Waals surface area contributed by atoms with Crippen LogP contribution < -0.4 is 15.6 Å². The van der Waals surface area contributed by atoms with Crippen molar-refractivity contribution in [3.63, 3.8) is 0 Å². The highest BCUT2D eigenvalue weighted by Gasteiger charge is 2.60. The fraction of sp³-hybridized carbons (Fsp3) is 0.596. The highest BCUT2D eigenvalue weighted by atomic mass is 32.1. The number of amides is 2. The number of likely N-dealkylation sites (N-methyl/N-ethyl adjacent to an activating group) is 1. The molecule has 2 saturated heterocycles. The van der Waals surface area contributed by atoms with Crippen molar-refractivity contribution in [2.45, 2.75) is 96.9 Å². The molecule has 1 aromatic carbocycles. The number of hydrogen-bond acceptors (Lipinski definition) is 11. The molecule has 7 atom stereocenters. The molecule has 61 heavy (non-hydrogen) atoms. The van der Waals surface area contributed by atoms with Crippen molar-refractivity contribution in [3.8, 4) is 22.5 Å². The third-order valence-electron chi connectivity index (χ3n) is 14.7. The third kappa shape index (κ3) is 7.24. The van der Waals surface area contributed by atoms with Crippen LogP contribution in [0.2, 0.25) is 0 Å². The zero-order chi connectivity index (χ0) is 42.5. The van der Waals surface area contributed by atoms with Gasteiger partial charge in [0.2, 0.25) is 5.91 Å². The lowest BCUT2D eigenvalue weighted by molar-refractivity contribution is -0.156. The number of fused-ring (bicyclic) bond motifs is 9.